The lowest BCUT2D eigenvalue weighted by atomic mass is 10.1. The molecule has 0 bridgehead atoms. The highest BCUT2D eigenvalue weighted by atomic mass is 32.2. The quantitative estimate of drug-likeness (QED) is 0.515. The first-order chi connectivity index (χ1) is 14.9. The van der Waals surface area contributed by atoms with Crippen molar-refractivity contribution in [2.75, 3.05) is 20.3 Å². The van der Waals surface area contributed by atoms with Gasteiger partial charge in [0, 0.05) is 25.5 Å². The number of aryl methyl sites for hydroxylation is 1. The van der Waals surface area contributed by atoms with Gasteiger partial charge in [0.1, 0.15) is 17.6 Å². The average molecular weight is 446 g/mol. The lowest BCUT2D eigenvalue weighted by Crippen LogP contribution is -2.31. The van der Waals surface area contributed by atoms with Gasteiger partial charge >= 0.3 is 0 Å². The number of imidazole rings is 1. The summed E-state index contributed by atoms with van der Waals surface area (Å²) in [5, 5.41) is 0. The van der Waals surface area contributed by atoms with Gasteiger partial charge in [-0.3, -0.25) is 0 Å². The molecule has 31 heavy (non-hydrogen) atoms. The van der Waals surface area contributed by atoms with Gasteiger partial charge in [-0.05, 0) is 43.7 Å². The highest BCUT2D eigenvalue weighted by molar-refractivity contribution is 7.89. The molecule has 1 aromatic heterocycles. The molecule has 1 N–H and O–H groups in total. The van der Waals surface area contributed by atoms with E-state index < -0.39 is 16.1 Å². The number of methoxy groups -OCH3 is 1. The minimum absolute atomic E-state index is 0.0708. The fourth-order valence-electron chi connectivity index (χ4n) is 3.17. The highest BCUT2D eigenvalue weighted by Gasteiger charge is 2.27. The summed E-state index contributed by atoms with van der Waals surface area (Å²) in [6, 6.07) is 11.1. The van der Waals surface area contributed by atoms with E-state index in [0.717, 1.165) is 0 Å². The zero-order valence-corrected chi connectivity index (χ0v) is 18.8. The number of benzene rings is 2. The van der Waals surface area contributed by atoms with Crippen molar-refractivity contribution in [3.63, 3.8) is 0 Å². The van der Waals surface area contributed by atoms with Gasteiger partial charge in [-0.15, -0.1) is 0 Å². The zero-order chi connectivity index (χ0) is 22.4. The fourth-order valence-corrected chi connectivity index (χ4v) is 4.37. The molecule has 0 aliphatic carbocycles. The Hall–Kier alpha value is -3.04. The molecule has 3 aromatic rings. The molecule has 0 amide bonds. The van der Waals surface area contributed by atoms with E-state index >= 15 is 0 Å². The monoisotopic (exact) mass is 445 g/mol. The maximum absolute atomic E-state index is 13.3. The van der Waals surface area contributed by atoms with E-state index in [1.807, 2.05) is 33.0 Å². The van der Waals surface area contributed by atoms with Gasteiger partial charge in [0.15, 0.2) is 11.5 Å². The van der Waals surface area contributed by atoms with Crippen molar-refractivity contribution in [2.24, 2.45) is 7.05 Å². The van der Waals surface area contributed by atoms with E-state index in [9.17, 15) is 8.42 Å². The van der Waals surface area contributed by atoms with Crippen molar-refractivity contribution in [1.29, 1.82) is 0 Å². The second-order valence-corrected chi connectivity index (χ2v) is 8.42. The summed E-state index contributed by atoms with van der Waals surface area (Å²) in [4.78, 5) is 4.43. The van der Waals surface area contributed by atoms with Crippen LogP contribution < -0.4 is 18.9 Å². The van der Waals surface area contributed by atoms with E-state index in [1.54, 1.807) is 42.3 Å². The number of sulfonamides is 1. The highest BCUT2D eigenvalue weighted by Crippen LogP contribution is 2.32. The van der Waals surface area contributed by atoms with Gasteiger partial charge in [-0.1, -0.05) is 12.1 Å². The van der Waals surface area contributed by atoms with Crippen LogP contribution in [0.3, 0.4) is 0 Å². The molecule has 166 valence electrons. The SMILES string of the molecule is CCOc1ccc(S(=O)(=O)NC(c2cccc(OC)c2)c2nccn2C)cc1OCC. The molecule has 0 saturated carbocycles. The van der Waals surface area contributed by atoms with Crippen molar-refractivity contribution < 1.29 is 22.6 Å². The average Bonchev–Trinajstić information content (AvgIpc) is 3.19. The van der Waals surface area contributed by atoms with Crippen molar-refractivity contribution in [2.45, 2.75) is 24.8 Å². The molecule has 0 aliphatic heterocycles. The van der Waals surface area contributed by atoms with Crippen LogP contribution in [0.2, 0.25) is 0 Å². The number of aromatic nitrogens is 2. The molecule has 0 aliphatic rings. The smallest absolute Gasteiger partial charge is 0.241 e. The molecule has 9 heteroatoms. The summed E-state index contributed by atoms with van der Waals surface area (Å²) in [5.74, 6) is 2.04. The molecule has 1 unspecified atom stereocenters. The first-order valence-electron chi connectivity index (χ1n) is 9.92. The van der Waals surface area contributed by atoms with Crippen LogP contribution in [0.25, 0.3) is 0 Å². The Morgan fingerprint density at radius 2 is 1.81 bits per heavy atom. The van der Waals surface area contributed by atoms with Gasteiger partial charge < -0.3 is 18.8 Å². The predicted octanol–water partition coefficient (Wildman–Crippen LogP) is 3.29. The largest absolute Gasteiger partial charge is 0.497 e. The third-order valence-corrected chi connectivity index (χ3v) is 6.06. The number of rotatable bonds is 10. The number of hydrogen-bond acceptors (Lipinski definition) is 6. The first kappa shape index (κ1) is 22.6. The summed E-state index contributed by atoms with van der Waals surface area (Å²) in [6.45, 7) is 4.51. The van der Waals surface area contributed by atoms with Crippen molar-refractivity contribution in [3.05, 3.63) is 66.2 Å². The Balaban J connectivity index is 2.02. The van der Waals surface area contributed by atoms with Gasteiger partial charge in [0.05, 0.1) is 25.2 Å². The zero-order valence-electron chi connectivity index (χ0n) is 18.0. The number of nitrogens with zero attached hydrogens (tertiary/aromatic N) is 2. The van der Waals surface area contributed by atoms with Crippen molar-refractivity contribution >= 4 is 10.0 Å². The summed E-state index contributed by atoms with van der Waals surface area (Å²) < 4.78 is 47.6. The van der Waals surface area contributed by atoms with E-state index in [0.29, 0.717) is 41.9 Å². The second-order valence-electron chi connectivity index (χ2n) is 6.70. The van der Waals surface area contributed by atoms with Gasteiger partial charge in [0.25, 0.3) is 0 Å². The third-order valence-electron chi connectivity index (χ3n) is 4.64. The predicted molar refractivity (Wildman–Crippen MR) is 117 cm³/mol. The van der Waals surface area contributed by atoms with Gasteiger partial charge in [-0.2, -0.15) is 4.72 Å². The van der Waals surface area contributed by atoms with Crippen LogP contribution in [0.1, 0.15) is 31.3 Å². The minimum Gasteiger partial charge on any atom is -0.497 e. The third kappa shape index (κ3) is 5.18. The van der Waals surface area contributed by atoms with Crippen LogP contribution >= 0.6 is 0 Å². The molecule has 0 saturated heterocycles. The van der Waals surface area contributed by atoms with Crippen LogP contribution in [-0.2, 0) is 17.1 Å². The van der Waals surface area contributed by atoms with Crippen LogP contribution in [0.5, 0.6) is 17.2 Å². The lowest BCUT2D eigenvalue weighted by Gasteiger charge is -2.20. The lowest BCUT2D eigenvalue weighted by molar-refractivity contribution is 0.287. The Morgan fingerprint density at radius 3 is 2.45 bits per heavy atom. The van der Waals surface area contributed by atoms with Gasteiger partial charge in [-0.25, -0.2) is 13.4 Å². The Labute approximate surface area is 182 Å². The van der Waals surface area contributed by atoms with Crippen LogP contribution in [0.4, 0.5) is 0 Å². The van der Waals surface area contributed by atoms with E-state index in [2.05, 4.69) is 9.71 Å². The topological polar surface area (TPSA) is 91.7 Å². The molecule has 0 radical (unpaired) electrons. The maximum atomic E-state index is 13.3. The minimum atomic E-state index is -3.92. The summed E-state index contributed by atoms with van der Waals surface area (Å²) in [6.07, 6.45) is 3.39. The van der Waals surface area contributed by atoms with E-state index in [4.69, 9.17) is 14.2 Å². The number of nitrogens with one attached hydrogen (secondary N) is 1. The molecule has 1 heterocycles. The summed E-state index contributed by atoms with van der Waals surface area (Å²) in [5.41, 5.74) is 0.702. The fraction of sp³-hybridized carbons (Fsp3) is 0.318. The Bertz CT molecular complexity index is 1130. The maximum Gasteiger partial charge on any atom is 0.241 e. The Morgan fingerprint density at radius 1 is 1.06 bits per heavy atom. The number of ether oxygens (including phenoxy) is 3. The summed E-state index contributed by atoms with van der Waals surface area (Å²) in [7, 11) is -0.545. The standard InChI is InChI=1S/C22H27N3O5S/c1-5-29-19-11-10-18(15-20(19)30-6-2)31(26,27)24-21(22-23-12-13-25(22)3)16-8-7-9-17(14-16)28-4/h7-15,21,24H,5-6H2,1-4H3. The molecule has 1 atom stereocenters. The molecular formula is C22H27N3O5S. The first-order valence-corrected chi connectivity index (χ1v) is 11.4. The molecular weight excluding hydrogens is 418 g/mol. The van der Waals surface area contributed by atoms with Crippen LogP contribution in [-0.4, -0.2) is 38.3 Å². The van der Waals surface area contributed by atoms with Crippen LogP contribution in [0.15, 0.2) is 59.8 Å². The van der Waals surface area contributed by atoms with Crippen LogP contribution in [0, 0.1) is 0 Å². The molecule has 0 spiro atoms. The Kier molecular flexibility index (Phi) is 7.19. The molecule has 8 nitrogen and oxygen atoms in total. The number of hydrogen-bond donors (Lipinski definition) is 1. The molecule has 2 aromatic carbocycles. The normalized spacial score (nSPS) is 12.4. The molecule has 0 fully saturated rings. The molecule has 3 rings (SSSR count). The van der Waals surface area contributed by atoms with Crippen molar-refractivity contribution in [3.8, 4) is 17.2 Å². The second kappa shape index (κ2) is 9.84. The van der Waals surface area contributed by atoms with Crippen molar-refractivity contribution in [1.82, 2.24) is 14.3 Å². The van der Waals surface area contributed by atoms with E-state index in [-0.39, 0.29) is 4.90 Å². The van der Waals surface area contributed by atoms with E-state index in [1.165, 1.54) is 12.1 Å². The summed E-state index contributed by atoms with van der Waals surface area (Å²) >= 11 is 0. The van der Waals surface area contributed by atoms with Gasteiger partial charge in [0.2, 0.25) is 10.0 Å².